The Morgan fingerprint density at radius 1 is 0.667 bits per heavy atom. The summed E-state index contributed by atoms with van der Waals surface area (Å²) in [4.78, 5) is 25.1. The number of hydrogen-bond donors (Lipinski definition) is 4. The molecule has 0 spiro atoms. The number of esters is 2. The zero-order chi connectivity index (χ0) is 37.7. The van der Waals surface area contributed by atoms with Gasteiger partial charge in [-0.2, -0.15) is 8.42 Å². The molecule has 1 rings (SSSR count). The highest BCUT2D eigenvalue weighted by Gasteiger charge is 2.46. The molecule has 2 unspecified atom stereocenters. The number of allylic oxidation sites excluding steroid dienone is 4. The van der Waals surface area contributed by atoms with Gasteiger partial charge in [-0.15, -0.1) is 0 Å². The van der Waals surface area contributed by atoms with Crippen molar-refractivity contribution in [3.63, 3.8) is 0 Å². The number of ether oxygens (including phenoxy) is 4. The second-order valence-corrected chi connectivity index (χ2v) is 15.1. The van der Waals surface area contributed by atoms with E-state index >= 15 is 0 Å². The van der Waals surface area contributed by atoms with E-state index in [1.54, 1.807) is 0 Å². The van der Waals surface area contributed by atoms with Crippen molar-refractivity contribution < 1.29 is 56.8 Å². The molecule has 6 atom stereocenters. The Bertz CT molecular complexity index is 1060. The molecule has 0 aliphatic carbocycles. The number of rotatable bonds is 31. The zero-order valence-electron chi connectivity index (χ0n) is 31.2. The summed E-state index contributed by atoms with van der Waals surface area (Å²) in [5, 5.41) is 30.7. The maximum absolute atomic E-state index is 12.7. The van der Waals surface area contributed by atoms with Crippen molar-refractivity contribution >= 4 is 22.1 Å². The van der Waals surface area contributed by atoms with Gasteiger partial charge in [0.05, 0.1) is 6.61 Å². The Labute approximate surface area is 307 Å². The molecule has 298 valence electrons. The predicted molar refractivity (Wildman–Crippen MR) is 196 cm³/mol. The number of unbranched alkanes of at least 4 members (excludes halogenated alkanes) is 16. The van der Waals surface area contributed by atoms with Crippen molar-refractivity contribution in [2.45, 2.75) is 185 Å². The second kappa shape index (κ2) is 29.6. The average Bonchev–Trinajstić information content (AvgIpc) is 3.09. The van der Waals surface area contributed by atoms with Crippen molar-refractivity contribution in [3.05, 3.63) is 24.3 Å². The predicted octanol–water partition coefficient (Wildman–Crippen LogP) is 6.50. The topological polar surface area (TPSA) is 186 Å². The fraction of sp³-hybridized carbons (Fsp3) is 0.842. The largest absolute Gasteiger partial charge is 0.462 e. The lowest BCUT2D eigenvalue weighted by Crippen LogP contribution is -2.60. The lowest BCUT2D eigenvalue weighted by atomic mass is 10.00. The number of hydrogen-bond acceptors (Lipinski definition) is 11. The summed E-state index contributed by atoms with van der Waals surface area (Å²) < 4.78 is 53.7. The van der Waals surface area contributed by atoms with E-state index in [1.165, 1.54) is 51.4 Å². The molecular weight excluding hydrogens is 680 g/mol. The third-order valence-corrected chi connectivity index (χ3v) is 9.56. The van der Waals surface area contributed by atoms with Gasteiger partial charge in [-0.1, -0.05) is 122 Å². The van der Waals surface area contributed by atoms with Crippen LogP contribution < -0.4 is 0 Å². The van der Waals surface area contributed by atoms with Crippen LogP contribution in [0, 0.1) is 0 Å². The first-order valence-electron chi connectivity index (χ1n) is 19.4. The third-order valence-electron chi connectivity index (χ3n) is 8.81. The molecule has 51 heavy (non-hydrogen) atoms. The SMILES string of the molecule is CCCCCC/C=C/C=C/CCCCCCCC(=O)O[C@H](COC(=O)CCCCCCCCCC)CO[C@H]1O[C@H](CS(=O)(=O)O)[C@@H](O)C(O)C1O. The highest BCUT2D eigenvalue weighted by molar-refractivity contribution is 7.85. The van der Waals surface area contributed by atoms with E-state index in [9.17, 15) is 37.9 Å². The van der Waals surface area contributed by atoms with E-state index < -0.39 is 71.2 Å². The van der Waals surface area contributed by atoms with Gasteiger partial charge in [0.1, 0.15) is 36.8 Å². The Hall–Kier alpha value is -1.87. The van der Waals surface area contributed by atoms with Crippen LogP contribution in [-0.4, -0.2) is 96.0 Å². The second-order valence-electron chi connectivity index (χ2n) is 13.6. The number of carbonyl (C=O) groups is 2. The van der Waals surface area contributed by atoms with E-state index in [0.717, 1.165) is 57.8 Å². The molecule has 1 saturated heterocycles. The maximum Gasteiger partial charge on any atom is 0.306 e. The van der Waals surface area contributed by atoms with Gasteiger partial charge in [0.25, 0.3) is 10.1 Å². The minimum atomic E-state index is -4.59. The van der Waals surface area contributed by atoms with Crippen LogP contribution in [-0.2, 0) is 38.7 Å². The van der Waals surface area contributed by atoms with E-state index in [-0.39, 0.29) is 19.4 Å². The van der Waals surface area contributed by atoms with Gasteiger partial charge < -0.3 is 34.3 Å². The molecule has 13 heteroatoms. The summed E-state index contributed by atoms with van der Waals surface area (Å²) in [6.07, 6.45) is 19.7. The molecule has 0 saturated carbocycles. The smallest absolute Gasteiger partial charge is 0.306 e. The molecule has 1 heterocycles. The van der Waals surface area contributed by atoms with Crippen molar-refractivity contribution in [2.24, 2.45) is 0 Å². The number of aliphatic hydroxyl groups is 3. The minimum Gasteiger partial charge on any atom is -0.462 e. The summed E-state index contributed by atoms with van der Waals surface area (Å²) in [5.74, 6) is -2.01. The molecule has 0 amide bonds. The molecule has 1 aliphatic rings. The van der Waals surface area contributed by atoms with Crippen molar-refractivity contribution in [1.82, 2.24) is 0 Å². The van der Waals surface area contributed by atoms with Crippen LogP contribution in [0.25, 0.3) is 0 Å². The van der Waals surface area contributed by atoms with Gasteiger partial charge in [0.15, 0.2) is 12.4 Å². The highest BCUT2D eigenvalue weighted by Crippen LogP contribution is 2.24. The van der Waals surface area contributed by atoms with Crippen LogP contribution in [0.15, 0.2) is 24.3 Å². The molecule has 0 bridgehead atoms. The summed E-state index contributed by atoms with van der Waals surface area (Å²) in [5.41, 5.74) is 0. The molecule has 0 aromatic heterocycles. The molecule has 4 N–H and O–H groups in total. The number of aliphatic hydroxyl groups excluding tert-OH is 3. The third kappa shape index (κ3) is 24.9. The first-order chi connectivity index (χ1) is 24.5. The maximum atomic E-state index is 12.7. The van der Waals surface area contributed by atoms with Crippen molar-refractivity contribution in [2.75, 3.05) is 19.0 Å². The summed E-state index contributed by atoms with van der Waals surface area (Å²) >= 11 is 0. The molecule has 1 aliphatic heterocycles. The van der Waals surface area contributed by atoms with Gasteiger partial charge in [-0.3, -0.25) is 14.1 Å². The summed E-state index contributed by atoms with van der Waals surface area (Å²) in [7, 11) is -4.59. The fourth-order valence-corrected chi connectivity index (χ4v) is 6.42. The van der Waals surface area contributed by atoms with Crippen LogP contribution >= 0.6 is 0 Å². The summed E-state index contributed by atoms with van der Waals surface area (Å²) in [6.45, 7) is 3.66. The van der Waals surface area contributed by atoms with Gasteiger partial charge in [-0.25, -0.2) is 0 Å². The minimum absolute atomic E-state index is 0.148. The molecule has 0 aromatic rings. The Kier molecular flexibility index (Phi) is 27.3. The molecule has 0 radical (unpaired) electrons. The molecule has 12 nitrogen and oxygen atoms in total. The van der Waals surface area contributed by atoms with Gasteiger partial charge in [0.2, 0.25) is 0 Å². The standard InChI is InChI=1S/C38H68O12S/c1-3-5-7-9-11-13-14-15-16-17-18-19-21-23-25-27-34(40)49-31(28-47-33(39)26-24-22-20-12-10-8-6-4-2)29-48-38-37(43)36(42)35(41)32(50-38)30-51(44,45)46/h13-16,31-32,35-38,41-43H,3-12,17-30H2,1-2H3,(H,44,45,46)/b14-13+,16-15+/t31-,32-,35-,36?,37?,38+/m1/s1. The van der Waals surface area contributed by atoms with E-state index in [4.69, 9.17) is 18.9 Å². The fourth-order valence-electron chi connectivity index (χ4n) is 5.72. The Morgan fingerprint density at radius 3 is 1.71 bits per heavy atom. The van der Waals surface area contributed by atoms with Crippen LogP contribution in [0.5, 0.6) is 0 Å². The van der Waals surface area contributed by atoms with Crippen LogP contribution in [0.2, 0.25) is 0 Å². The lowest BCUT2D eigenvalue weighted by Gasteiger charge is -2.40. The number of carbonyl (C=O) groups excluding carboxylic acids is 2. The quantitative estimate of drug-likeness (QED) is 0.0262. The van der Waals surface area contributed by atoms with Gasteiger partial charge in [0, 0.05) is 12.8 Å². The zero-order valence-corrected chi connectivity index (χ0v) is 32.0. The van der Waals surface area contributed by atoms with Gasteiger partial charge in [-0.05, 0) is 38.5 Å². The first-order valence-corrected chi connectivity index (χ1v) is 21.0. The molecule has 0 aromatic carbocycles. The Morgan fingerprint density at radius 2 is 1.16 bits per heavy atom. The lowest BCUT2D eigenvalue weighted by molar-refractivity contribution is -0.297. The Balaban J connectivity index is 2.53. The van der Waals surface area contributed by atoms with Crippen LogP contribution in [0.4, 0.5) is 0 Å². The van der Waals surface area contributed by atoms with Gasteiger partial charge >= 0.3 is 11.9 Å². The highest BCUT2D eigenvalue weighted by atomic mass is 32.2. The van der Waals surface area contributed by atoms with Crippen LogP contribution in [0.1, 0.15) is 149 Å². The van der Waals surface area contributed by atoms with Crippen molar-refractivity contribution in [1.29, 1.82) is 0 Å². The molecule has 1 fully saturated rings. The first kappa shape index (κ1) is 47.2. The average molecular weight is 749 g/mol. The molecular formula is C38H68O12S. The normalized spacial score (nSPS) is 21.7. The van der Waals surface area contributed by atoms with E-state index in [1.807, 2.05) is 0 Å². The van der Waals surface area contributed by atoms with E-state index in [0.29, 0.717) is 12.8 Å². The van der Waals surface area contributed by atoms with Crippen molar-refractivity contribution in [3.8, 4) is 0 Å². The van der Waals surface area contributed by atoms with Crippen LogP contribution in [0.3, 0.4) is 0 Å². The van der Waals surface area contributed by atoms with E-state index in [2.05, 4.69) is 38.2 Å². The summed E-state index contributed by atoms with van der Waals surface area (Å²) in [6, 6.07) is 0. The monoisotopic (exact) mass is 748 g/mol.